The summed E-state index contributed by atoms with van der Waals surface area (Å²) >= 11 is 0. The maximum Gasteiger partial charge on any atom is 0.0794 e. The Balaban J connectivity index is 1.82. The van der Waals surface area contributed by atoms with Crippen LogP contribution in [0.2, 0.25) is 0 Å². The van der Waals surface area contributed by atoms with Gasteiger partial charge in [0.1, 0.15) is 0 Å². The molecule has 0 spiro atoms. The zero-order valence-corrected chi connectivity index (χ0v) is 8.74. The SMILES string of the molecule is CC1CCC(N2CC(O)C2)CC1C. The van der Waals surface area contributed by atoms with E-state index in [4.69, 9.17) is 0 Å². The fourth-order valence-corrected chi connectivity index (χ4v) is 2.64. The molecule has 0 radical (unpaired) electrons. The van der Waals surface area contributed by atoms with E-state index in [2.05, 4.69) is 18.7 Å². The minimum atomic E-state index is -0.0327. The van der Waals surface area contributed by atoms with E-state index in [1.807, 2.05) is 0 Å². The highest BCUT2D eigenvalue weighted by molar-refractivity contribution is 4.89. The molecular formula is C11H21NO. The zero-order chi connectivity index (χ0) is 9.42. The average molecular weight is 183 g/mol. The highest BCUT2D eigenvalue weighted by Gasteiger charge is 2.34. The van der Waals surface area contributed by atoms with Crippen LogP contribution in [-0.2, 0) is 0 Å². The molecule has 3 atom stereocenters. The van der Waals surface area contributed by atoms with Gasteiger partial charge in [-0.1, -0.05) is 13.8 Å². The first-order valence-corrected chi connectivity index (χ1v) is 5.59. The summed E-state index contributed by atoms with van der Waals surface area (Å²) in [6.07, 6.45) is 4.03. The fourth-order valence-electron chi connectivity index (χ4n) is 2.64. The summed E-state index contributed by atoms with van der Waals surface area (Å²) in [4.78, 5) is 2.45. The van der Waals surface area contributed by atoms with Crippen molar-refractivity contribution in [1.29, 1.82) is 0 Å². The van der Waals surface area contributed by atoms with Crippen LogP contribution in [0, 0.1) is 11.8 Å². The minimum Gasteiger partial charge on any atom is -0.390 e. The first kappa shape index (κ1) is 9.47. The van der Waals surface area contributed by atoms with Gasteiger partial charge in [0.15, 0.2) is 0 Å². The van der Waals surface area contributed by atoms with Crippen LogP contribution in [0.15, 0.2) is 0 Å². The van der Waals surface area contributed by atoms with Gasteiger partial charge in [-0.3, -0.25) is 4.90 Å². The Kier molecular flexibility index (Phi) is 2.61. The van der Waals surface area contributed by atoms with Crippen LogP contribution < -0.4 is 0 Å². The summed E-state index contributed by atoms with van der Waals surface area (Å²) in [7, 11) is 0. The Morgan fingerprint density at radius 1 is 1.08 bits per heavy atom. The van der Waals surface area contributed by atoms with Crippen LogP contribution in [0.4, 0.5) is 0 Å². The molecule has 2 aliphatic rings. The van der Waals surface area contributed by atoms with Gasteiger partial charge in [-0.05, 0) is 31.1 Å². The number of aliphatic hydroxyl groups is 1. The number of hydrogen-bond acceptors (Lipinski definition) is 2. The lowest BCUT2D eigenvalue weighted by Gasteiger charge is -2.46. The molecule has 1 saturated carbocycles. The smallest absolute Gasteiger partial charge is 0.0794 e. The van der Waals surface area contributed by atoms with Gasteiger partial charge in [0, 0.05) is 19.1 Å². The predicted molar refractivity (Wildman–Crippen MR) is 53.5 cm³/mol. The van der Waals surface area contributed by atoms with E-state index in [1.165, 1.54) is 19.3 Å². The maximum atomic E-state index is 9.23. The van der Waals surface area contributed by atoms with Crippen molar-refractivity contribution in [2.24, 2.45) is 11.8 Å². The molecule has 1 aliphatic carbocycles. The summed E-state index contributed by atoms with van der Waals surface area (Å²) in [5.41, 5.74) is 0. The van der Waals surface area contributed by atoms with E-state index >= 15 is 0 Å². The molecule has 1 heterocycles. The lowest BCUT2D eigenvalue weighted by Crippen LogP contribution is -2.56. The molecule has 0 aromatic carbocycles. The number of nitrogens with zero attached hydrogens (tertiary/aromatic N) is 1. The third-order valence-electron chi connectivity index (χ3n) is 3.98. The number of hydrogen-bond donors (Lipinski definition) is 1. The first-order valence-electron chi connectivity index (χ1n) is 5.59. The molecule has 1 aliphatic heterocycles. The number of likely N-dealkylation sites (tertiary alicyclic amines) is 1. The molecule has 1 saturated heterocycles. The van der Waals surface area contributed by atoms with Gasteiger partial charge in [-0.15, -0.1) is 0 Å². The molecule has 2 nitrogen and oxygen atoms in total. The molecule has 1 N–H and O–H groups in total. The summed E-state index contributed by atoms with van der Waals surface area (Å²) in [6, 6.07) is 0.773. The molecule has 13 heavy (non-hydrogen) atoms. The normalized spacial score (nSPS) is 43.2. The Morgan fingerprint density at radius 2 is 1.77 bits per heavy atom. The third-order valence-corrected chi connectivity index (χ3v) is 3.98. The van der Waals surface area contributed by atoms with Crippen molar-refractivity contribution in [3.05, 3.63) is 0 Å². The fraction of sp³-hybridized carbons (Fsp3) is 1.00. The van der Waals surface area contributed by atoms with Crippen LogP contribution in [0.3, 0.4) is 0 Å². The van der Waals surface area contributed by atoms with Crippen molar-refractivity contribution in [3.8, 4) is 0 Å². The summed E-state index contributed by atoms with van der Waals surface area (Å²) in [5.74, 6) is 1.78. The number of rotatable bonds is 1. The first-order chi connectivity index (χ1) is 6.16. The van der Waals surface area contributed by atoms with E-state index in [9.17, 15) is 5.11 Å². The monoisotopic (exact) mass is 183 g/mol. The lowest BCUT2D eigenvalue weighted by atomic mass is 9.78. The summed E-state index contributed by atoms with van der Waals surface area (Å²) < 4.78 is 0. The molecular weight excluding hydrogens is 162 g/mol. The second kappa shape index (κ2) is 3.58. The van der Waals surface area contributed by atoms with Crippen LogP contribution in [0.5, 0.6) is 0 Å². The molecule has 0 amide bonds. The molecule has 0 bridgehead atoms. The van der Waals surface area contributed by atoms with Crippen LogP contribution >= 0.6 is 0 Å². The Bertz CT molecular complexity index is 177. The second-order valence-corrected chi connectivity index (χ2v) is 5.03. The zero-order valence-electron chi connectivity index (χ0n) is 8.74. The molecule has 2 fully saturated rings. The van der Waals surface area contributed by atoms with E-state index < -0.39 is 0 Å². The predicted octanol–water partition coefficient (Wildman–Crippen LogP) is 1.49. The number of aliphatic hydroxyl groups excluding tert-OH is 1. The Hall–Kier alpha value is -0.0800. The number of β-amino-alcohol motifs (C(OH)–C–C–N with tert-alkyl or cyclic N) is 1. The largest absolute Gasteiger partial charge is 0.390 e. The van der Waals surface area contributed by atoms with E-state index in [0.29, 0.717) is 0 Å². The highest BCUT2D eigenvalue weighted by Crippen LogP contribution is 2.33. The Labute approximate surface area is 80.9 Å². The van der Waals surface area contributed by atoms with E-state index in [0.717, 1.165) is 31.0 Å². The average Bonchev–Trinajstić information content (AvgIpc) is 2.05. The van der Waals surface area contributed by atoms with Gasteiger partial charge in [0.05, 0.1) is 6.10 Å². The van der Waals surface area contributed by atoms with Crippen LogP contribution in [0.1, 0.15) is 33.1 Å². The molecule has 2 heteroatoms. The van der Waals surface area contributed by atoms with Gasteiger partial charge in [-0.25, -0.2) is 0 Å². The quantitative estimate of drug-likeness (QED) is 0.665. The molecule has 2 rings (SSSR count). The lowest BCUT2D eigenvalue weighted by molar-refractivity contribution is -0.0422. The minimum absolute atomic E-state index is 0.0327. The van der Waals surface area contributed by atoms with Crippen molar-refractivity contribution in [2.45, 2.75) is 45.3 Å². The van der Waals surface area contributed by atoms with Gasteiger partial charge in [-0.2, -0.15) is 0 Å². The maximum absolute atomic E-state index is 9.23. The van der Waals surface area contributed by atoms with Gasteiger partial charge >= 0.3 is 0 Å². The second-order valence-electron chi connectivity index (χ2n) is 5.03. The van der Waals surface area contributed by atoms with E-state index in [-0.39, 0.29) is 6.10 Å². The van der Waals surface area contributed by atoms with Gasteiger partial charge in [0.2, 0.25) is 0 Å². The van der Waals surface area contributed by atoms with Crippen molar-refractivity contribution in [1.82, 2.24) is 4.90 Å². The van der Waals surface area contributed by atoms with Gasteiger partial charge < -0.3 is 5.11 Å². The molecule has 0 aromatic rings. The summed E-state index contributed by atoms with van der Waals surface area (Å²) in [6.45, 7) is 6.58. The summed E-state index contributed by atoms with van der Waals surface area (Å²) in [5, 5.41) is 9.23. The van der Waals surface area contributed by atoms with Crippen molar-refractivity contribution in [3.63, 3.8) is 0 Å². The van der Waals surface area contributed by atoms with Gasteiger partial charge in [0.25, 0.3) is 0 Å². The third kappa shape index (κ3) is 1.89. The van der Waals surface area contributed by atoms with Crippen molar-refractivity contribution < 1.29 is 5.11 Å². The van der Waals surface area contributed by atoms with E-state index in [1.54, 1.807) is 0 Å². The molecule has 76 valence electrons. The Morgan fingerprint density at radius 3 is 2.31 bits per heavy atom. The van der Waals surface area contributed by atoms with Crippen molar-refractivity contribution >= 4 is 0 Å². The topological polar surface area (TPSA) is 23.5 Å². The van der Waals surface area contributed by atoms with Crippen LogP contribution in [0.25, 0.3) is 0 Å². The van der Waals surface area contributed by atoms with Crippen LogP contribution in [-0.4, -0.2) is 35.2 Å². The standard InChI is InChI=1S/C11H21NO/c1-8-3-4-10(5-9(8)2)12-6-11(13)7-12/h8-11,13H,3-7H2,1-2H3. The highest BCUT2D eigenvalue weighted by atomic mass is 16.3. The van der Waals surface area contributed by atoms with Crippen molar-refractivity contribution in [2.75, 3.05) is 13.1 Å². The molecule has 3 unspecified atom stereocenters. The molecule has 0 aromatic heterocycles.